The molecule has 0 aromatic heterocycles. The third-order valence-corrected chi connectivity index (χ3v) is 6.22. The van der Waals surface area contributed by atoms with Gasteiger partial charge >= 0.3 is 6.03 Å². The molecule has 3 aromatic carbocycles. The van der Waals surface area contributed by atoms with E-state index in [0.717, 1.165) is 36.0 Å². The van der Waals surface area contributed by atoms with Gasteiger partial charge < -0.3 is 10.5 Å². The fraction of sp³-hybridized carbons (Fsp3) is 0.333. The van der Waals surface area contributed by atoms with Crippen molar-refractivity contribution >= 4 is 11.9 Å². The summed E-state index contributed by atoms with van der Waals surface area (Å²) in [5.74, 6) is -0.438. The minimum atomic E-state index is -1.02. The van der Waals surface area contributed by atoms with Crippen LogP contribution in [-0.4, -0.2) is 30.1 Å². The van der Waals surface area contributed by atoms with E-state index >= 15 is 0 Å². The molecule has 6 nitrogen and oxygen atoms in total. The maximum atomic E-state index is 13.0. The number of carbonyl (C=O) groups excluding carboxylic acids is 2. The first kappa shape index (κ1) is 27.0. The molecular weight excluding hydrogens is 450 g/mol. The minimum Gasteiger partial charge on any atom is -0.351 e. The molecule has 0 unspecified atom stereocenters. The van der Waals surface area contributed by atoms with Gasteiger partial charge in [0.2, 0.25) is 0 Å². The van der Waals surface area contributed by atoms with E-state index < -0.39 is 17.5 Å². The first-order valence-electron chi connectivity index (χ1n) is 12.7. The van der Waals surface area contributed by atoms with E-state index in [1.54, 1.807) is 0 Å². The maximum Gasteiger partial charge on any atom is 0.333 e. The molecule has 3 aromatic rings. The van der Waals surface area contributed by atoms with Gasteiger partial charge in [-0.15, -0.1) is 0 Å². The van der Waals surface area contributed by atoms with Crippen LogP contribution in [0, 0.1) is 0 Å². The summed E-state index contributed by atoms with van der Waals surface area (Å²) in [7, 11) is 0. The van der Waals surface area contributed by atoms with Gasteiger partial charge in [-0.1, -0.05) is 130 Å². The average molecular weight is 488 g/mol. The monoisotopic (exact) mass is 487 g/mol. The van der Waals surface area contributed by atoms with E-state index in [-0.39, 0.29) is 6.61 Å². The molecule has 6 heteroatoms. The van der Waals surface area contributed by atoms with Crippen LogP contribution in [0.1, 0.15) is 62.1 Å². The number of benzene rings is 3. The highest BCUT2D eigenvalue weighted by Gasteiger charge is 2.38. The van der Waals surface area contributed by atoms with Crippen molar-refractivity contribution in [1.29, 1.82) is 0 Å². The highest BCUT2D eigenvalue weighted by molar-refractivity contribution is 5.81. The minimum absolute atomic E-state index is 0.265. The second-order valence-corrected chi connectivity index (χ2v) is 8.86. The van der Waals surface area contributed by atoms with Crippen LogP contribution < -0.4 is 11.2 Å². The van der Waals surface area contributed by atoms with Crippen molar-refractivity contribution in [3.05, 3.63) is 108 Å². The van der Waals surface area contributed by atoms with E-state index in [1.165, 1.54) is 24.3 Å². The molecule has 3 amide bonds. The molecule has 36 heavy (non-hydrogen) atoms. The number of nitrogens with zero attached hydrogens (tertiary/aromatic N) is 1. The van der Waals surface area contributed by atoms with Crippen LogP contribution in [0.4, 0.5) is 4.79 Å². The number of unbranched alkanes of at least 4 members (excludes halogenated alkanes) is 5. The molecule has 0 atom stereocenters. The first-order valence-corrected chi connectivity index (χ1v) is 12.7. The van der Waals surface area contributed by atoms with Gasteiger partial charge in [-0.05, 0) is 23.1 Å². The van der Waals surface area contributed by atoms with Crippen LogP contribution in [0.2, 0.25) is 0 Å². The van der Waals surface area contributed by atoms with Gasteiger partial charge in [-0.25, -0.2) is 9.80 Å². The first-order chi connectivity index (χ1) is 17.6. The van der Waals surface area contributed by atoms with Crippen molar-refractivity contribution in [2.24, 2.45) is 5.73 Å². The Labute approximate surface area is 214 Å². The van der Waals surface area contributed by atoms with Crippen molar-refractivity contribution < 1.29 is 14.3 Å². The van der Waals surface area contributed by atoms with E-state index in [2.05, 4.69) is 12.3 Å². The van der Waals surface area contributed by atoms with Crippen molar-refractivity contribution in [2.45, 2.75) is 51.0 Å². The normalized spacial score (nSPS) is 11.1. The van der Waals surface area contributed by atoms with Crippen LogP contribution in [0.15, 0.2) is 91.0 Å². The summed E-state index contributed by atoms with van der Waals surface area (Å²) in [5, 5.41) is 1.18. The van der Waals surface area contributed by atoms with Gasteiger partial charge in [0, 0.05) is 6.54 Å². The quantitative estimate of drug-likeness (QED) is 0.182. The lowest BCUT2D eigenvalue weighted by atomic mass is 9.80. The van der Waals surface area contributed by atoms with Crippen LogP contribution in [-0.2, 0) is 15.1 Å². The van der Waals surface area contributed by atoms with E-state index in [1.807, 2.05) is 91.0 Å². The maximum absolute atomic E-state index is 13.0. The Morgan fingerprint density at radius 3 is 1.64 bits per heavy atom. The SMILES string of the molecule is CCCCCCCCN(NC(=O)COC(c1ccccc1)(c1ccccc1)c1ccccc1)C(N)=O. The average Bonchev–Trinajstić information content (AvgIpc) is 2.92. The summed E-state index contributed by atoms with van der Waals surface area (Å²) in [6.07, 6.45) is 6.42. The Hall–Kier alpha value is -3.64. The van der Waals surface area contributed by atoms with Gasteiger partial charge in [-0.2, -0.15) is 0 Å². The number of hydrogen-bond donors (Lipinski definition) is 2. The van der Waals surface area contributed by atoms with Gasteiger partial charge in [0.25, 0.3) is 5.91 Å². The number of hydrazine groups is 1. The summed E-state index contributed by atoms with van der Waals surface area (Å²) < 4.78 is 6.51. The van der Waals surface area contributed by atoms with Crippen molar-refractivity contribution in [1.82, 2.24) is 10.4 Å². The van der Waals surface area contributed by atoms with Crippen molar-refractivity contribution in [2.75, 3.05) is 13.2 Å². The zero-order valence-electron chi connectivity index (χ0n) is 21.1. The second kappa shape index (κ2) is 14.0. The molecule has 0 heterocycles. The number of nitrogens with one attached hydrogen (secondary N) is 1. The van der Waals surface area contributed by atoms with E-state index in [4.69, 9.17) is 10.5 Å². The molecule has 0 spiro atoms. The number of urea groups is 1. The third kappa shape index (κ3) is 7.18. The second-order valence-electron chi connectivity index (χ2n) is 8.86. The molecule has 0 fully saturated rings. The van der Waals surface area contributed by atoms with Gasteiger partial charge in [0.05, 0.1) is 0 Å². The highest BCUT2D eigenvalue weighted by Crippen LogP contribution is 2.40. The number of primary amides is 1. The van der Waals surface area contributed by atoms with E-state index in [0.29, 0.717) is 6.54 Å². The lowest BCUT2D eigenvalue weighted by Gasteiger charge is -2.36. The molecule has 3 N–H and O–H groups in total. The zero-order valence-corrected chi connectivity index (χ0v) is 21.1. The third-order valence-electron chi connectivity index (χ3n) is 6.22. The zero-order chi connectivity index (χ0) is 25.6. The topological polar surface area (TPSA) is 84.7 Å². The molecular formula is C30H37N3O3. The Morgan fingerprint density at radius 2 is 1.19 bits per heavy atom. The van der Waals surface area contributed by atoms with Crippen LogP contribution in [0.3, 0.4) is 0 Å². The van der Waals surface area contributed by atoms with Gasteiger partial charge in [0.1, 0.15) is 12.2 Å². The summed E-state index contributed by atoms with van der Waals surface area (Å²) in [5.41, 5.74) is 9.85. The molecule has 0 aliphatic heterocycles. The summed E-state index contributed by atoms with van der Waals surface area (Å²) in [6.45, 7) is 2.28. The molecule has 190 valence electrons. The Morgan fingerprint density at radius 1 is 0.750 bits per heavy atom. The predicted molar refractivity (Wildman–Crippen MR) is 143 cm³/mol. The Balaban J connectivity index is 1.79. The molecule has 3 rings (SSSR count). The Bertz CT molecular complexity index is 962. The number of hydrogen-bond acceptors (Lipinski definition) is 3. The number of carbonyl (C=O) groups is 2. The van der Waals surface area contributed by atoms with Crippen LogP contribution in [0.25, 0.3) is 0 Å². The lowest BCUT2D eigenvalue weighted by Crippen LogP contribution is -2.51. The van der Waals surface area contributed by atoms with Gasteiger partial charge in [-0.3, -0.25) is 10.2 Å². The largest absolute Gasteiger partial charge is 0.351 e. The van der Waals surface area contributed by atoms with Crippen molar-refractivity contribution in [3.63, 3.8) is 0 Å². The van der Waals surface area contributed by atoms with Crippen molar-refractivity contribution in [3.8, 4) is 0 Å². The lowest BCUT2D eigenvalue weighted by molar-refractivity contribution is -0.133. The molecule has 0 bridgehead atoms. The molecule has 0 aliphatic rings. The summed E-state index contributed by atoms with van der Waals surface area (Å²) in [4.78, 5) is 24.9. The number of amides is 3. The Kier molecular flexibility index (Phi) is 10.5. The number of rotatable bonds is 13. The van der Waals surface area contributed by atoms with Crippen LogP contribution >= 0.6 is 0 Å². The summed E-state index contributed by atoms with van der Waals surface area (Å²) >= 11 is 0. The van der Waals surface area contributed by atoms with Gasteiger partial charge in [0.15, 0.2) is 0 Å². The fourth-order valence-electron chi connectivity index (χ4n) is 4.40. The molecule has 0 saturated carbocycles. The smallest absolute Gasteiger partial charge is 0.333 e. The summed E-state index contributed by atoms with van der Waals surface area (Å²) in [6, 6.07) is 28.8. The van der Waals surface area contributed by atoms with E-state index in [9.17, 15) is 9.59 Å². The molecule has 0 radical (unpaired) electrons. The predicted octanol–water partition coefficient (Wildman–Crippen LogP) is 5.77. The fourth-order valence-corrected chi connectivity index (χ4v) is 4.40. The standard InChI is InChI=1S/C30H37N3O3/c1-2-3-4-5-6-16-23-33(29(31)35)32-28(34)24-36-30(25-17-10-7-11-18-25,26-19-12-8-13-20-26)27-21-14-9-15-22-27/h7-15,17-22H,2-6,16,23-24H2,1H3,(H2,31,35)(H,32,34). The van der Waals surface area contributed by atoms with Crippen LogP contribution in [0.5, 0.6) is 0 Å². The highest BCUT2D eigenvalue weighted by atomic mass is 16.5. The molecule has 0 saturated heterocycles. The molecule has 0 aliphatic carbocycles. The number of nitrogens with two attached hydrogens (primary N) is 1. The number of ether oxygens (including phenoxy) is 1.